The zero-order valence-electron chi connectivity index (χ0n) is 7.51. The van der Waals surface area contributed by atoms with E-state index < -0.39 is 12.1 Å². The van der Waals surface area contributed by atoms with Gasteiger partial charge in [-0.3, -0.25) is 9.97 Å². The van der Waals surface area contributed by atoms with Gasteiger partial charge in [-0.25, -0.2) is 4.79 Å². The number of carbonyl (C=O) groups is 2. The van der Waals surface area contributed by atoms with Gasteiger partial charge in [0.25, 0.3) is 0 Å². The van der Waals surface area contributed by atoms with Crippen LogP contribution in [0.15, 0.2) is 18.6 Å². The Morgan fingerprint density at radius 1 is 1.64 bits per heavy atom. The van der Waals surface area contributed by atoms with Crippen LogP contribution in [0.3, 0.4) is 0 Å². The number of rotatable bonds is 3. The average Bonchev–Trinajstić information content (AvgIpc) is 2.26. The normalized spacial score (nSPS) is 11.5. The van der Waals surface area contributed by atoms with Crippen molar-refractivity contribution in [3.8, 4) is 0 Å². The van der Waals surface area contributed by atoms with Crippen molar-refractivity contribution in [3.05, 3.63) is 24.3 Å². The van der Waals surface area contributed by atoms with E-state index in [1.807, 2.05) is 0 Å². The molecule has 1 aromatic rings. The zero-order valence-corrected chi connectivity index (χ0v) is 7.51. The monoisotopic (exact) mass is 195 g/mol. The number of carbonyl (C=O) groups excluding carboxylic acids is 2. The first kappa shape index (κ1) is 10.1. The second-order valence-corrected chi connectivity index (χ2v) is 2.38. The van der Waals surface area contributed by atoms with Gasteiger partial charge in [0, 0.05) is 12.4 Å². The number of methoxy groups -OCH3 is 1. The summed E-state index contributed by atoms with van der Waals surface area (Å²) in [5, 5.41) is 2.30. The second kappa shape index (κ2) is 4.90. The van der Waals surface area contributed by atoms with E-state index in [-0.39, 0.29) is 0 Å². The Labute approximate surface area is 80.3 Å². The highest BCUT2D eigenvalue weighted by molar-refractivity contribution is 5.73. The van der Waals surface area contributed by atoms with E-state index in [9.17, 15) is 9.59 Å². The lowest BCUT2D eigenvalue weighted by Crippen LogP contribution is -2.29. The number of alkyl carbamates (subject to hydrolysis) is 1. The van der Waals surface area contributed by atoms with Crippen LogP contribution in [0.5, 0.6) is 0 Å². The molecule has 1 aromatic heterocycles. The molecule has 0 bridgehead atoms. The molecule has 1 unspecified atom stereocenters. The Bertz CT molecular complexity index is 315. The first-order valence-electron chi connectivity index (χ1n) is 3.83. The summed E-state index contributed by atoms with van der Waals surface area (Å²) < 4.78 is 4.35. The van der Waals surface area contributed by atoms with Crippen LogP contribution < -0.4 is 5.32 Å². The highest BCUT2D eigenvalue weighted by Crippen LogP contribution is 2.04. The molecule has 0 spiro atoms. The Hall–Kier alpha value is -1.98. The van der Waals surface area contributed by atoms with Crippen LogP contribution in [0.2, 0.25) is 0 Å². The predicted octanol–water partition coefficient (Wildman–Crippen LogP) is 0.0726. The van der Waals surface area contributed by atoms with Gasteiger partial charge in [0.1, 0.15) is 12.3 Å². The topological polar surface area (TPSA) is 81.2 Å². The van der Waals surface area contributed by atoms with Crippen LogP contribution in [-0.2, 0) is 9.53 Å². The van der Waals surface area contributed by atoms with Crippen LogP contribution in [-0.4, -0.2) is 29.5 Å². The highest BCUT2D eigenvalue weighted by Gasteiger charge is 2.14. The van der Waals surface area contributed by atoms with Gasteiger partial charge in [-0.15, -0.1) is 0 Å². The van der Waals surface area contributed by atoms with E-state index in [1.165, 1.54) is 25.7 Å². The summed E-state index contributed by atoms with van der Waals surface area (Å²) in [6, 6.07) is -0.823. The Morgan fingerprint density at radius 3 is 2.93 bits per heavy atom. The number of aldehydes is 1. The lowest BCUT2D eigenvalue weighted by molar-refractivity contribution is -0.109. The minimum atomic E-state index is -0.823. The molecular formula is C8H9N3O3. The lowest BCUT2D eigenvalue weighted by atomic mass is 10.2. The number of ether oxygens (including phenoxy) is 1. The molecule has 1 rings (SSSR count). The summed E-state index contributed by atoms with van der Waals surface area (Å²) in [5.74, 6) is 0. The molecule has 0 fully saturated rings. The van der Waals surface area contributed by atoms with Gasteiger partial charge in [-0.2, -0.15) is 0 Å². The number of nitrogens with one attached hydrogen (secondary N) is 1. The molecule has 0 aliphatic carbocycles. The molecule has 0 aliphatic heterocycles. The molecule has 6 nitrogen and oxygen atoms in total. The smallest absolute Gasteiger partial charge is 0.407 e. The molecule has 0 saturated heterocycles. The lowest BCUT2D eigenvalue weighted by Gasteiger charge is -2.09. The first-order chi connectivity index (χ1) is 6.77. The van der Waals surface area contributed by atoms with Crippen molar-refractivity contribution in [2.45, 2.75) is 6.04 Å². The SMILES string of the molecule is COC(=O)NC(C=O)c1cnccn1. The van der Waals surface area contributed by atoms with Crippen molar-refractivity contribution >= 4 is 12.4 Å². The molecule has 1 heterocycles. The summed E-state index contributed by atoms with van der Waals surface area (Å²) >= 11 is 0. The third kappa shape index (κ3) is 2.51. The molecule has 74 valence electrons. The highest BCUT2D eigenvalue weighted by atomic mass is 16.5. The van der Waals surface area contributed by atoms with Crippen LogP contribution >= 0.6 is 0 Å². The van der Waals surface area contributed by atoms with Crippen molar-refractivity contribution in [1.29, 1.82) is 0 Å². The van der Waals surface area contributed by atoms with Crippen molar-refractivity contribution < 1.29 is 14.3 Å². The average molecular weight is 195 g/mol. The largest absolute Gasteiger partial charge is 0.453 e. The first-order valence-corrected chi connectivity index (χ1v) is 3.83. The van der Waals surface area contributed by atoms with Crippen LogP contribution in [0.25, 0.3) is 0 Å². The molecule has 6 heteroatoms. The Balaban J connectivity index is 2.73. The fourth-order valence-corrected chi connectivity index (χ4v) is 0.835. The third-order valence-corrected chi connectivity index (χ3v) is 1.50. The van der Waals surface area contributed by atoms with Gasteiger partial charge in [0.2, 0.25) is 0 Å². The standard InChI is InChI=1S/C8H9N3O3/c1-14-8(13)11-7(5-12)6-4-9-2-3-10-6/h2-5,7H,1H3,(H,11,13). The Morgan fingerprint density at radius 2 is 2.43 bits per heavy atom. The Kier molecular flexibility index (Phi) is 3.54. The molecule has 0 aliphatic rings. The van der Waals surface area contributed by atoms with E-state index >= 15 is 0 Å². The number of hydrogen-bond acceptors (Lipinski definition) is 5. The van der Waals surface area contributed by atoms with Crippen molar-refractivity contribution in [2.75, 3.05) is 7.11 Å². The van der Waals surface area contributed by atoms with E-state index in [2.05, 4.69) is 20.0 Å². The zero-order chi connectivity index (χ0) is 10.4. The van der Waals surface area contributed by atoms with Gasteiger partial charge >= 0.3 is 6.09 Å². The third-order valence-electron chi connectivity index (χ3n) is 1.50. The molecule has 14 heavy (non-hydrogen) atoms. The second-order valence-electron chi connectivity index (χ2n) is 2.38. The number of hydrogen-bond donors (Lipinski definition) is 1. The van der Waals surface area contributed by atoms with Crippen molar-refractivity contribution in [1.82, 2.24) is 15.3 Å². The maximum absolute atomic E-state index is 10.8. The van der Waals surface area contributed by atoms with E-state index in [0.29, 0.717) is 12.0 Å². The summed E-state index contributed by atoms with van der Waals surface area (Å²) in [7, 11) is 1.22. The summed E-state index contributed by atoms with van der Waals surface area (Å²) in [5.41, 5.74) is 0.368. The number of aromatic nitrogens is 2. The van der Waals surface area contributed by atoms with Crippen LogP contribution in [0.1, 0.15) is 11.7 Å². The van der Waals surface area contributed by atoms with Gasteiger partial charge < -0.3 is 14.8 Å². The van der Waals surface area contributed by atoms with Gasteiger partial charge in [-0.1, -0.05) is 0 Å². The molecule has 0 saturated carbocycles. The minimum absolute atomic E-state index is 0.368. The maximum Gasteiger partial charge on any atom is 0.407 e. The molecule has 1 atom stereocenters. The number of nitrogens with zero attached hydrogens (tertiary/aromatic N) is 2. The maximum atomic E-state index is 10.8. The molecule has 1 amide bonds. The van der Waals surface area contributed by atoms with E-state index in [0.717, 1.165) is 0 Å². The predicted molar refractivity (Wildman–Crippen MR) is 46.4 cm³/mol. The fraction of sp³-hybridized carbons (Fsp3) is 0.250. The molecular weight excluding hydrogens is 186 g/mol. The summed E-state index contributed by atoms with van der Waals surface area (Å²) in [6.07, 6.45) is 4.18. The molecule has 0 aromatic carbocycles. The van der Waals surface area contributed by atoms with Crippen LogP contribution in [0, 0.1) is 0 Å². The molecule has 1 N–H and O–H groups in total. The van der Waals surface area contributed by atoms with Crippen LogP contribution in [0.4, 0.5) is 4.79 Å². The van der Waals surface area contributed by atoms with Gasteiger partial charge in [0.15, 0.2) is 0 Å². The van der Waals surface area contributed by atoms with Crippen molar-refractivity contribution in [2.24, 2.45) is 0 Å². The minimum Gasteiger partial charge on any atom is -0.453 e. The fourth-order valence-electron chi connectivity index (χ4n) is 0.835. The summed E-state index contributed by atoms with van der Waals surface area (Å²) in [4.78, 5) is 29.1. The van der Waals surface area contributed by atoms with E-state index in [1.54, 1.807) is 0 Å². The van der Waals surface area contributed by atoms with Gasteiger partial charge in [-0.05, 0) is 0 Å². The van der Waals surface area contributed by atoms with Crippen molar-refractivity contribution in [3.63, 3.8) is 0 Å². The quantitative estimate of drug-likeness (QED) is 0.690. The number of amides is 1. The summed E-state index contributed by atoms with van der Waals surface area (Å²) in [6.45, 7) is 0. The van der Waals surface area contributed by atoms with E-state index in [4.69, 9.17) is 0 Å². The molecule has 0 radical (unpaired) electrons. The van der Waals surface area contributed by atoms with Gasteiger partial charge in [0.05, 0.1) is 19.0 Å².